The lowest BCUT2D eigenvalue weighted by Crippen LogP contribution is -2.35. The van der Waals surface area contributed by atoms with Gasteiger partial charge < -0.3 is 9.84 Å². The summed E-state index contributed by atoms with van der Waals surface area (Å²) < 4.78 is 4.70. The molecule has 1 N–H and O–H groups in total. The molecule has 2 rings (SSSR count). The van der Waals surface area contributed by atoms with Gasteiger partial charge in [-0.1, -0.05) is 12.1 Å². The van der Waals surface area contributed by atoms with E-state index in [1.807, 2.05) is 18.2 Å². The highest BCUT2D eigenvalue weighted by molar-refractivity contribution is 5.89. The van der Waals surface area contributed by atoms with Crippen molar-refractivity contribution in [3.63, 3.8) is 0 Å². The molecule has 1 heterocycles. The van der Waals surface area contributed by atoms with Crippen LogP contribution >= 0.6 is 0 Å². The number of carbonyl (C=O) groups excluding carboxylic acids is 1. The maximum atomic E-state index is 11.5. The van der Waals surface area contributed by atoms with Gasteiger partial charge in [0.25, 0.3) is 0 Å². The third-order valence-electron chi connectivity index (χ3n) is 3.69. The first-order valence-corrected chi connectivity index (χ1v) is 6.72. The standard InChI is InChI=1S/C15H19NO4/c1-20-15(19)13-4-2-3-11(9-13)10-16-7-5-12(6-8-16)14(17)18/h2-4,9,12H,5-8,10H2,1H3,(H,17,18). The Hall–Kier alpha value is -1.88. The van der Waals surface area contributed by atoms with Crippen LogP contribution in [0.4, 0.5) is 0 Å². The lowest BCUT2D eigenvalue weighted by atomic mass is 9.96. The van der Waals surface area contributed by atoms with Crippen molar-refractivity contribution in [3.8, 4) is 0 Å². The molecule has 5 heteroatoms. The van der Waals surface area contributed by atoms with E-state index >= 15 is 0 Å². The number of benzene rings is 1. The molecule has 0 amide bonds. The lowest BCUT2D eigenvalue weighted by Gasteiger charge is -2.30. The van der Waals surface area contributed by atoms with Crippen molar-refractivity contribution >= 4 is 11.9 Å². The topological polar surface area (TPSA) is 66.8 Å². The zero-order valence-corrected chi connectivity index (χ0v) is 11.5. The maximum absolute atomic E-state index is 11.5. The fourth-order valence-corrected chi connectivity index (χ4v) is 2.51. The van der Waals surface area contributed by atoms with Gasteiger partial charge in [0.1, 0.15) is 0 Å². The molecule has 1 fully saturated rings. The Labute approximate surface area is 118 Å². The number of esters is 1. The molecule has 1 aromatic rings. The highest BCUT2D eigenvalue weighted by Crippen LogP contribution is 2.19. The van der Waals surface area contributed by atoms with Gasteiger partial charge in [0.2, 0.25) is 0 Å². The Morgan fingerprint density at radius 3 is 2.65 bits per heavy atom. The van der Waals surface area contributed by atoms with Crippen LogP contribution in [0.5, 0.6) is 0 Å². The summed E-state index contributed by atoms with van der Waals surface area (Å²) in [5, 5.41) is 8.97. The number of ether oxygens (including phenoxy) is 1. The van der Waals surface area contributed by atoms with E-state index in [0.29, 0.717) is 18.4 Å². The summed E-state index contributed by atoms with van der Waals surface area (Å²) in [6, 6.07) is 7.36. The second-order valence-electron chi connectivity index (χ2n) is 5.08. The highest BCUT2D eigenvalue weighted by Gasteiger charge is 2.24. The molecule has 0 unspecified atom stereocenters. The molecular formula is C15H19NO4. The van der Waals surface area contributed by atoms with Crippen LogP contribution in [0.3, 0.4) is 0 Å². The van der Waals surface area contributed by atoms with E-state index in [0.717, 1.165) is 25.2 Å². The Morgan fingerprint density at radius 1 is 1.35 bits per heavy atom. The van der Waals surface area contributed by atoms with E-state index < -0.39 is 5.97 Å². The molecule has 1 saturated heterocycles. The van der Waals surface area contributed by atoms with Crippen molar-refractivity contribution < 1.29 is 19.4 Å². The number of hydrogen-bond acceptors (Lipinski definition) is 4. The first kappa shape index (κ1) is 14.5. The molecule has 1 aliphatic heterocycles. The minimum Gasteiger partial charge on any atom is -0.481 e. The van der Waals surface area contributed by atoms with Crippen LogP contribution < -0.4 is 0 Å². The summed E-state index contributed by atoms with van der Waals surface area (Å²) in [5.41, 5.74) is 1.59. The molecule has 1 aliphatic rings. The average molecular weight is 277 g/mol. The number of aliphatic carboxylic acids is 1. The number of likely N-dealkylation sites (tertiary alicyclic amines) is 1. The number of hydrogen-bond donors (Lipinski definition) is 1. The first-order chi connectivity index (χ1) is 9.60. The Balaban J connectivity index is 1.94. The number of rotatable bonds is 4. The highest BCUT2D eigenvalue weighted by atomic mass is 16.5. The molecule has 108 valence electrons. The Bertz CT molecular complexity index is 492. The zero-order valence-electron chi connectivity index (χ0n) is 11.5. The van der Waals surface area contributed by atoms with Crippen LogP contribution in [0.25, 0.3) is 0 Å². The van der Waals surface area contributed by atoms with E-state index in [-0.39, 0.29) is 11.9 Å². The molecule has 0 bridgehead atoms. The number of carboxylic acid groups (broad SMARTS) is 1. The number of carboxylic acids is 1. The SMILES string of the molecule is COC(=O)c1cccc(CN2CCC(C(=O)O)CC2)c1. The predicted molar refractivity (Wildman–Crippen MR) is 73.4 cm³/mol. The molecule has 0 atom stereocenters. The lowest BCUT2D eigenvalue weighted by molar-refractivity contribution is -0.143. The molecule has 20 heavy (non-hydrogen) atoms. The number of nitrogens with zero attached hydrogens (tertiary/aromatic N) is 1. The van der Waals surface area contributed by atoms with Crippen molar-refractivity contribution in [1.29, 1.82) is 0 Å². The third kappa shape index (κ3) is 3.57. The van der Waals surface area contributed by atoms with Crippen LogP contribution in [0.1, 0.15) is 28.8 Å². The summed E-state index contributed by atoms with van der Waals surface area (Å²) >= 11 is 0. The fourth-order valence-electron chi connectivity index (χ4n) is 2.51. The minimum atomic E-state index is -0.697. The van der Waals surface area contributed by atoms with Crippen LogP contribution in [0, 0.1) is 5.92 Å². The van der Waals surface area contributed by atoms with Crippen molar-refractivity contribution in [3.05, 3.63) is 35.4 Å². The molecular weight excluding hydrogens is 258 g/mol. The maximum Gasteiger partial charge on any atom is 0.337 e. The molecule has 0 radical (unpaired) electrons. The van der Waals surface area contributed by atoms with Crippen molar-refractivity contribution in [2.75, 3.05) is 20.2 Å². The molecule has 0 aliphatic carbocycles. The van der Waals surface area contributed by atoms with Gasteiger partial charge in [-0.25, -0.2) is 4.79 Å². The summed E-state index contributed by atoms with van der Waals surface area (Å²) in [7, 11) is 1.37. The van der Waals surface area contributed by atoms with Crippen molar-refractivity contribution in [2.24, 2.45) is 5.92 Å². The molecule has 5 nitrogen and oxygen atoms in total. The predicted octanol–water partition coefficient (Wildman–Crippen LogP) is 1.77. The summed E-state index contributed by atoms with van der Waals surface area (Å²) in [6.45, 7) is 2.29. The van der Waals surface area contributed by atoms with Crippen LogP contribution in [0.15, 0.2) is 24.3 Å². The van der Waals surface area contributed by atoms with Gasteiger partial charge in [-0.3, -0.25) is 9.69 Å². The molecule has 1 aromatic carbocycles. The van der Waals surface area contributed by atoms with Gasteiger partial charge in [-0.2, -0.15) is 0 Å². The van der Waals surface area contributed by atoms with E-state index in [2.05, 4.69) is 4.90 Å². The van der Waals surface area contributed by atoms with Gasteiger partial charge in [-0.15, -0.1) is 0 Å². The summed E-state index contributed by atoms with van der Waals surface area (Å²) in [4.78, 5) is 24.6. The van der Waals surface area contributed by atoms with E-state index in [1.54, 1.807) is 6.07 Å². The Morgan fingerprint density at radius 2 is 2.05 bits per heavy atom. The summed E-state index contributed by atoms with van der Waals surface area (Å²) in [6.07, 6.45) is 1.37. The van der Waals surface area contributed by atoms with Gasteiger partial charge in [0.05, 0.1) is 18.6 Å². The molecule has 0 spiro atoms. The van der Waals surface area contributed by atoms with Gasteiger partial charge >= 0.3 is 11.9 Å². The largest absolute Gasteiger partial charge is 0.481 e. The van der Waals surface area contributed by atoms with Crippen LogP contribution in [-0.4, -0.2) is 42.1 Å². The third-order valence-corrected chi connectivity index (χ3v) is 3.69. The first-order valence-electron chi connectivity index (χ1n) is 6.72. The normalized spacial score (nSPS) is 16.9. The zero-order chi connectivity index (χ0) is 14.5. The van der Waals surface area contributed by atoms with Crippen molar-refractivity contribution in [1.82, 2.24) is 4.90 Å². The van der Waals surface area contributed by atoms with Gasteiger partial charge in [0.15, 0.2) is 0 Å². The number of piperidine rings is 1. The van der Waals surface area contributed by atoms with Crippen LogP contribution in [0.2, 0.25) is 0 Å². The average Bonchev–Trinajstić information content (AvgIpc) is 2.47. The molecule has 0 saturated carbocycles. The fraction of sp³-hybridized carbons (Fsp3) is 0.467. The number of methoxy groups -OCH3 is 1. The van der Waals surface area contributed by atoms with Crippen LogP contribution in [-0.2, 0) is 16.1 Å². The van der Waals surface area contributed by atoms with E-state index in [9.17, 15) is 9.59 Å². The van der Waals surface area contributed by atoms with Gasteiger partial charge in [0, 0.05) is 6.54 Å². The van der Waals surface area contributed by atoms with E-state index in [4.69, 9.17) is 9.84 Å². The van der Waals surface area contributed by atoms with E-state index in [1.165, 1.54) is 7.11 Å². The summed E-state index contributed by atoms with van der Waals surface area (Å²) in [5.74, 6) is -1.25. The minimum absolute atomic E-state index is 0.215. The molecule has 0 aromatic heterocycles. The second-order valence-corrected chi connectivity index (χ2v) is 5.08. The van der Waals surface area contributed by atoms with Crippen molar-refractivity contribution in [2.45, 2.75) is 19.4 Å². The quantitative estimate of drug-likeness (QED) is 0.850. The van der Waals surface area contributed by atoms with Gasteiger partial charge in [-0.05, 0) is 43.6 Å². The number of carbonyl (C=O) groups is 2. The smallest absolute Gasteiger partial charge is 0.337 e. The Kier molecular flexibility index (Phi) is 4.74. The second kappa shape index (κ2) is 6.52. The monoisotopic (exact) mass is 277 g/mol.